The Morgan fingerprint density at radius 3 is 2.50 bits per heavy atom. The summed E-state index contributed by atoms with van der Waals surface area (Å²) in [5, 5.41) is 0. The third kappa shape index (κ3) is 5.76. The average molecular weight is 354 g/mol. The molecule has 0 radical (unpaired) electrons. The van der Waals surface area contributed by atoms with Gasteiger partial charge in [-0.2, -0.15) is 4.99 Å². The third-order valence-electron chi connectivity index (χ3n) is 1.56. The summed E-state index contributed by atoms with van der Waals surface area (Å²) in [6.07, 6.45) is 0. The highest BCUT2D eigenvalue weighted by Crippen LogP contribution is 2.08. The van der Waals surface area contributed by atoms with E-state index in [0.717, 1.165) is 9.13 Å². The summed E-state index contributed by atoms with van der Waals surface area (Å²) in [4.78, 5) is 7.63. The van der Waals surface area contributed by atoms with E-state index < -0.39 is 0 Å². The largest absolute Gasteiger partial charge is 0.370 e. The van der Waals surface area contributed by atoms with Gasteiger partial charge >= 0.3 is 0 Å². The highest BCUT2D eigenvalue weighted by atomic mass is 127. The lowest BCUT2D eigenvalue weighted by atomic mass is 10.2. The molecule has 5 nitrogen and oxygen atoms in total. The normalized spacial score (nSPS) is 10.4. The lowest BCUT2D eigenvalue weighted by Crippen LogP contribution is -2.26. The molecule has 1 aromatic carbocycles. The molecule has 0 saturated heterocycles. The zero-order valence-corrected chi connectivity index (χ0v) is 11.4. The van der Waals surface area contributed by atoms with Crippen LogP contribution in [0.2, 0.25) is 0 Å². The second-order valence-electron chi connectivity index (χ2n) is 2.84. The van der Waals surface area contributed by atoms with Gasteiger partial charge in [-0.3, -0.25) is 0 Å². The van der Waals surface area contributed by atoms with Crippen molar-refractivity contribution in [3.05, 3.63) is 33.4 Å². The minimum atomic E-state index is -0.0844. The number of hydrogen-bond donors (Lipinski definition) is 3. The molecule has 0 aliphatic rings. The molecule has 0 atom stereocenters. The van der Waals surface area contributed by atoms with Crippen molar-refractivity contribution in [2.24, 2.45) is 27.2 Å². The number of aliphatic imine (C=N–C) groups is 2. The van der Waals surface area contributed by atoms with E-state index in [1.807, 2.05) is 24.3 Å². The van der Waals surface area contributed by atoms with E-state index in [-0.39, 0.29) is 24.3 Å². The van der Waals surface area contributed by atoms with Gasteiger partial charge in [-0.1, -0.05) is 12.1 Å². The molecule has 0 aliphatic heterocycles. The van der Waals surface area contributed by atoms with Crippen LogP contribution in [-0.4, -0.2) is 11.9 Å². The molecule has 0 saturated carbocycles. The molecule has 0 amide bonds. The summed E-state index contributed by atoms with van der Waals surface area (Å²) in [6.45, 7) is 0.472. The first kappa shape index (κ1) is 15.0. The second kappa shape index (κ2) is 7.29. The fourth-order valence-electron chi connectivity index (χ4n) is 0.975. The summed E-state index contributed by atoms with van der Waals surface area (Å²) in [5.74, 6) is 0.00718. The van der Waals surface area contributed by atoms with E-state index in [2.05, 4.69) is 32.6 Å². The SMILES string of the molecule is Cl.NC(N)=NC(N)=NCc1cccc(I)c1. The maximum atomic E-state index is 5.46. The Kier molecular flexibility index (Phi) is 6.82. The van der Waals surface area contributed by atoms with Gasteiger partial charge in [0.15, 0.2) is 5.96 Å². The molecule has 0 heterocycles. The van der Waals surface area contributed by atoms with Crippen LogP contribution in [0.1, 0.15) is 5.56 Å². The van der Waals surface area contributed by atoms with Gasteiger partial charge in [0.1, 0.15) is 0 Å². The third-order valence-corrected chi connectivity index (χ3v) is 2.23. The van der Waals surface area contributed by atoms with Gasteiger partial charge < -0.3 is 17.2 Å². The van der Waals surface area contributed by atoms with Gasteiger partial charge in [0, 0.05) is 3.57 Å². The monoisotopic (exact) mass is 353 g/mol. The van der Waals surface area contributed by atoms with Crippen molar-refractivity contribution in [2.45, 2.75) is 6.54 Å². The molecule has 0 bridgehead atoms. The molecule has 1 rings (SSSR count). The first-order valence-electron chi connectivity index (χ1n) is 4.22. The maximum Gasteiger partial charge on any atom is 0.218 e. The molecule has 0 unspecified atom stereocenters. The lowest BCUT2D eigenvalue weighted by Gasteiger charge is -1.98. The lowest BCUT2D eigenvalue weighted by molar-refractivity contribution is 1.05. The Bertz CT molecular complexity index is 401. The number of nitrogens with zero attached hydrogens (tertiary/aromatic N) is 2. The molecule has 88 valence electrons. The number of rotatable bonds is 2. The average Bonchev–Trinajstić information content (AvgIpc) is 2.14. The number of nitrogens with two attached hydrogens (primary N) is 3. The van der Waals surface area contributed by atoms with E-state index in [9.17, 15) is 0 Å². The molecular formula is C9H13ClIN5. The predicted octanol–water partition coefficient (Wildman–Crippen LogP) is 0.801. The van der Waals surface area contributed by atoms with E-state index in [1.54, 1.807) is 0 Å². The van der Waals surface area contributed by atoms with E-state index >= 15 is 0 Å². The van der Waals surface area contributed by atoms with Crippen molar-refractivity contribution in [3.63, 3.8) is 0 Å². The van der Waals surface area contributed by atoms with Crippen molar-refractivity contribution in [3.8, 4) is 0 Å². The second-order valence-corrected chi connectivity index (χ2v) is 4.09. The van der Waals surface area contributed by atoms with Crippen molar-refractivity contribution < 1.29 is 0 Å². The van der Waals surface area contributed by atoms with Crippen molar-refractivity contribution >= 4 is 46.9 Å². The minimum Gasteiger partial charge on any atom is -0.370 e. The van der Waals surface area contributed by atoms with E-state index in [4.69, 9.17) is 17.2 Å². The van der Waals surface area contributed by atoms with Crippen LogP contribution in [0.5, 0.6) is 0 Å². The Hall–Kier alpha value is -1.02. The van der Waals surface area contributed by atoms with Crippen LogP contribution in [0.4, 0.5) is 0 Å². The van der Waals surface area contributed by atoms with Gasteiger partial charge in [0.2, 0.25) is 5.96 Å². The highest BCUT2D eigenvalue weighted by molar-refractivity contribution is 14.1. The molecule has 1 aromatic rings. The molecule has 16 heavy (non-hydrogen) atoms. The Labute approximate surface area is 114 Å². The Balaban J connectivity index is 0.00000225. The standard InChI is InChI=1S/C9H12IN5.ClH/c10-7-3-1-2-6(4-7)5-14-9(13)15-8(11)12;/h1-4H,5H2,(H6,11,12,13,14,15);1H. The van der Waals surface area contributed by atoms with Gasteiger partial charge in [0.25, 0.3) is 0 Å². The van der Waals surface area contributed by atoms with Gasteiger partial charge in [-0.15, -0.1) is 12.4 Å². The summed E-state index contributed by atoms with van der Waals surface area (Å²) in [5.41, 5.74) is 16.8. The van der Waals surface area contributed by atoms with Crippen molar-refractivity contribution in [2.75, 3.05) is 0 Å². The summed E-state index contributed by atoms with van der Waals surface area (Å²) in [6, 6.07) is 7.96. The fraction of sp³-hybridized carbons (Fsp3) is 0.111. The zero-order chi connectivity index (χ0) is 11.3. The summed E-state index contributed by atoms with van der Waals surface area (Å²) < 4.78 is 1.15. The summed E-state index contributed by atoms with van der Waals surface area (Å²) >= 11 is 2.24. The van der Waals surface area contributed by atoms with E-state index in [0.29, 0.717) is 6.54 Å². The number of hydrogen-bond acceptors (Lipinski definition) is 1. The number of halogens is 2. The van der Waals surface area contributed by atoms with Crippen LogP contribution in [-0.2, 0) is 6.54 Å². The van der Waals surface area contributed by atoms with Crippen molar-refractivity contribution in [1.82, 2.24) is 0 Å². The topological polar surface area (TPSA) is 103 Å². The van der Waals surface area contributed by atoms with E-state index in [1.165, 1.54) is 0 Å². The Morgan fingerprint density at radius 2 is 1.94 bits per heavy atom. The quantitative estimate of drug-likeness (QED) is 0.416. The molecule has 6 N–H and O–H groups in total. The molecular weight excluding hydrogens is 340 g/mol. The van der Waals surface area contributed by atoms with Gasteiger partial charge in [0.05, 0.1) is 6.54 Å². The van der Waals surface area contributed by atoms with Crippen LogP contribution in [0.3, 0.4) is 0 Å². The van der Waals surface area contributed by atoms with Gasteiger partial charge in [-0.25, -0.2) is 4.99 Å². The molecule has 0 spiro atoms. The zero-order valence-electron chi connectivity index (χ0n) is 8.43. The maximum absolute atomic E-state index is 5.46. The number of benzene rings is 1. The van der Waals surface area contributed by atoms with Crippen LogP contribution < -0.4 is 17.2 Å². The Morgan fingerprint density at radius 1 is 1.25 bits per heavy atom. The van der Waals surface area contributed by atoms with Crippen LogP contribution in [0, 0.1) is 3.57 Å². The molecule has 7 heteroatoms. The molecule has 0 aromatic heterocycles. The molecule has 0 aliphatic carbocycles. The highest BCUT2D eigenvalue weighted by Gasteiger charge is 1.93. The minimum absolute atomic E-state index is 0. The first-order valence-corrected chi connectivity index (χ1v) is 5.30. The molecule has 0 fully saturated rings. The van der Waals surface area contributed by atoms with Crippen LogP contribution in [0.25, 0.3) is 0 Å². The summed E-state index contributed by atoms with van der Waals surface area (Å²) in [7, 11) is 0. The fourth-order valence-corrected chi connectivity index (χ4v) is 1.58. The predicted molar refractivity (Wildman–Crippen MR) is 77.5 cm³/mol. The van der Waals surface area contributed by atoms with Gasteiger partial charge in [-0.05, 0) is 40.3 Å². The number of guanidine groups is 2. The first-order chi connectivity index (χ1) is 7.08. The van der Waals surface area contributed by atoms with Crippen LogP contribution in [0.15, 0.2) is 34.3 Å². The smallest absolute Gasteiger partial charge is 0.218 e. The van der Waals surface area contributed by atoms with Crippen molar-refractivity contribution in [1.29, 1.82) is 0 Å². The van der Waals surface area contributed by atoms with Crippen LogP contribution >= 0.6 is 35.0 Å².